The smallest absolute Gasteiger partial charge is 0.0798 e. The number of benzene rings is 1. The van der Waals surface area contributed by atoms with Gasteiger partial charge in [-0.3, -0.25) is 0 Å². The molecule has 0 saturated heterocycles. The minimum Gasteiger partial charge on any atom is -0.388 e. The minimum atomic E-state index is -0.331. The Hall–Kier alpha value is -0.510. The van der Waals surface area contributed by atoms with Crippen molar-refractivity contribution >= 4 is 11.8 Å². The molecule has 0 amide bonds. The first-order valence-corrected chi connectivity index (χ1v) is 6.68. The number of aliphatic hydroxyl groups is 1. The number of thioether (sulfide) groups is 1. The molecule has 0 aliphatic rings. The van der Waals surface area contributed by atoms with Crippen LogP contribution in [0.5, 0.6) is 0 Å². The molecule has 0 aliphatic carbocycles. The van der Waals surface area contributed by atoms with Crippen LogP contribution in [0.1, 0.15) is 25.0 Å². The van der Waals surface area contributed by atoms with E-state index in [1.54, 1.807) is 0 Å². The van der Waals surface area contributed by atoms with Crippen molar-refractivity contribution in [3.05, 3.63) is 29.8 Å². The molecule has 1 aromatic carbocycles. The third-order valence-corrected chi connectivity index (χ3v) is 3.53. The maximum absolute atomic E-state index is 9.89. The van der Waals surface area contributed by atoms with Crippen molar-refractivity contribution in [2.45, 2.75) is 24.3 Å². The summed E-state index contributed by atoms with van der Waals surface area (Å²) in [4.78, 5) is 3.38. The molecule has 0 bridgehead atoms. The van der Waals surface area contributed by atoms with Crippen LogP contribution in [0.25, 0.3) is 0 Å². The van der Waals surface area contributed by atoms with Gasteiger partial charge in [0.05, 0.1) is 6.10 Å². The van der Waals surface area contributed by atoms with Crippen LogP contribution >= 0.6 is 11.8 Å². The lowest BCUT2D eigenvalue weighted by atomic mass is 10.1. The molecule has 0 fully saturated rings. The Balaban J connectivity index is 2.64. The predicted octanol–water partition coefficient (Wildman–Crippen LogP) is 2.78. The summed E-state index contributed by atoms with van der Waals surface area (Å²) in [7, 11) is 4.15. The van der Waals surface area contributed by atoms with Gasteiger partial charge in [-0.15, -0.1) is 11.8 Å². The summed E-state index contributed by atoms with van der Waals surface area (Å²) >= 11 is 1.82. The second-order valence-corrected chi connectivity index (χ2v) is 5.25. The second-order valence-electron chi connectivity index (χ2n) is 4.11. The topological polar surface area (TPSA) is 23.5 Å². The van der Waals surface area contributed by atoms with Crippen molar-refractivity contribution in [1.82, 2.24) is 4.90 Å². The molecular weight excluding hydrogens is 218 g/mol. The van der Waals surface area contributed by atoms with E-state index in [0.717, 1.165) is 24.3 Å². The van der Waals surface area contributed by atoms with Gasteiger partial charge in [-0.2, -0.15) is 0 Å². The highest BCUT2D eigenvalue weighted by Crippen LogP contribution is 2.28. The van der Waals surface area contributed by atoms with Crippen molar-refractivity contribution in [1.29, 1.82) is 0 Å². The van der Waals surface area contributed by atoms with Crippen LogP contribution in [0.4, 0.5) is 0 Å². The van der Waals surface area contributed by atoms with Crippen molar-refractivity contribution in [3.8, 4) is 0 Å². The van der Waals surface area contributed by atoms with E-state index in [2.05, 4.69) is 25.1 Å². The fourth-order valence-corrected chi connectivity index (χ4v) is 2.67. The number of aliphatic hydroxyl groups excluding tert-OH is 1. The molecule has 1 aromatic rings. The summed E-state index contributed by atoms with van der Waals surface area (Å²) < 4.78 is 0. The molecule has 0 aliphatic heterocycles. The van der Waals surface area contributed by atoms with Gasteiger partial charge in [-0.1, -0.05) is 25.1 Å². The van der Waals surface area contributed by atoms with Gasteiger partial charge in [-0.05, 0) is 32.1 Å². The zero-order valence-electron chi connectivity index (χ0n) is 10.3. The first-order chi connectivity index (χ1) is 7.65. The largest absolute Gasteiger partial charge is 0.388 e. The normalized spacial score (nSPS) is 13.1. The molecule has 90 valence electrons. The summed E-state index contributed by atoms with van der Waals surface area (Å²) in [5, 5.41) is 9.89. The summed E-state index contributed by atoms with van der Waals surface area (Å²) in [5.74, 6) is 1.06. The Kier molecular flexibility index (Phi) is 5.88. The number of hydrogen-bond donors (Lipinski definition) is 1. The maximum atomic E-state index is 9.89. The van der Waals surface area contributed by atoms with E-state index in [-0.39, 0.29) is 6.10 Å². The fourth-order valence-electron chi connectivity index (χ4n) is 1.45. The zero-order chi connectivity index (χ0) is 12.0. The van der Waals surface area contributed by atoms with Crippen molar-refractivity contribution in [3.63, 3.8) is 0 Å². The second kappa shape index (κ2) is 6.94. The highest BCUT2D eigenvalue weighted by Gasteiger charge is 2.09. The summed E-state index contributed by atoms with van der Waals surface area (Å²) in [5.41, 5.74) is 1.06. The third kappa shape index (κ3) is 4.16. The molecule has 1 N–H and O–H groups in total. The lowest BCUT2D eigenvalue weighted by Gasteiger charge is -2.14. The molecule has 0 radical (unpaired) electrons. The molecule has 3 heteroatoms. The Bertz CT molecular complexity index is 315. The number of hydrogen-bond acceptors (Lipinski definition) is 3. The van der Waals surface area contributed by atoms with E-state index < -0.39 is 0 Å². The van der Waals surface area contributed by atoms with E-state index in [9.17, 15) is 5.11 Å². The van der Waals surface area contributed by atoms with Crippen LogP contribution < -0.4 is 0 Å². The molecule has 1 atom stereocenters. The zero-order valence-corrected chi connectivity index (χ0v) is 11.1. The lowest BCUT2D eigenvalue weighted by molar-refractivity contribution is 0.171. The molecule has 0 aromatic heterocycles. The van der Waals surface area contributed by atoms with E-state index in [4.69, 9.17) is 0 Å². The SMILES string of the molecule is CC[C@@H](O)c1ccccc1SCCN(C)C. The van der Waals surface area contributed by atoms with Gasteiger partial charge in [0.15, 0.2) is 0 Å². The van der Waals surface area contributed by atoms with Crippen LogP contribution in [0.2, 0.25) is 0 Å². The molecule has 0 unspecified atom stereocenters. The van der Waals surface area contributed by atoms with E-state index >= 15 is 0 Å². The van der Waals surface area contributed by atoms with Crippen LogP contribution in [-0.2, 0) is 0 Å². The van der Waals surface area contributed by atoms with Crippen molar-refractivity contribution in [2.75, 3.05) is 26.4 Å². The van der Waals surface area contributed by atoms with Crippen LogP contribution in [0.15, 0.2) is 29.2 Å². The molecule has 1 rings (SSSR count). The summed E-state index contributed by atoms with van der Waals surface area (Å²) in [6.45, 7) is 3.06. The fraction of sp³-hybridized carbons (Fsp3) is 0.538. The van der Waals surface area contributed by atoms with Gasteiger partial charge < -0.3 is 10.0 Å². The molecule has 2 nitrogen and oxygen atoms in total. The van der Waals surface area contributed by atoms with E-state index in [1.807, 2.05) is 36.9 Å². The van der Waals surface area contributed by atoms with Gasteiger partial charge in [0.25, 0.3) is 0 Å². The summed E-state index contributed by atoms with van der Waals surface area (Å²) in [6, 6.07) is 8.13. The highest BCUT2D eigenvalue weighted by molar-refractivity contribution is 7.99. The molecular formula is C13H21NOS. The number of rotatable bonds is 6. The molecule has 16 heavy (non-hydrogen) atoms. The molecule has 0 heterocycles. The standard InChI is InChI=1S/C13H21NOS/c1-4-12(15)11-7-5-6-8-13(11)16-10-9-14(2)3/h5-8,12,15H,4,9-10H2,1-3H3/t12-/m1/s1. The van der Waals surface area contributed by atoms with Gasteiger partial charge in [0.2, 0.25) is 0 Å². The predicted molar refractivity (Wildman–Crippen MR) is 71.0 cm³/mol. The first kappa shape index (κ1) is 13.6. The van der Waals surface area contributed by atoms with Crippen LogP contribution in [-0.4, -0.2) is 36.4 Å². The van der Waals surface area contributed by atoms with Gasteiger partial charge in [0, 0.05) is 17.2 Å². The number of nitrogens with zero attached hydrogens (tertiary/aromatic N) is 1. The minimum absolute atomic E-state index is 0.331. The monoisotopic (exact) mass is 239 g/mol. The van der Waals surface area contributed by atoms with Gasteiger partial charge >= 0.3 is 0 Å². The van der Waals surface area contributed by atoms with Gasteiger partial charge in [0.1, 0.15) is 0 Å². The Morgan fingerprint density at radius 3 is 2.62 bits per heavy atom. The maximum Gasteiger partial charge on any atom is 0.0798 e. The summed E-state index contributed by atoms with van der Waals surface area (Å²) in [6.07, 6.45) is 0.439. The first-order valence-electron chi connectivity index (χ1n) is 5.69. The Morgan fingerprint density at radius 2 is 2.00 bits per heavy atom. The molecule has 0 spiro atoms. The van der Waals surface area contributed by atoms with Crippen molar-refractivity contribution in [2.24, 2.45) is 0 Å². The van der Waals surface area contributed by atoms with E-state index in [0.29, 0.717) is 0 Å². The Labute approximate surface area is 103 Å². The van der Waals surface area contributed by atoms with Crippen LogP contribution in [0.3, 0.4) is 0 Å². The van der Waals surface area contributed by atoms with E-state index in [1.165, 1.54) is 4.90 Å². The highest BCUT2D eigenvalue weighted by atomic mass is 32.2. The lowest BCUT2D eigenvalue weighted by Crippen LogP contribution is -2.14. The quantitative estimate of drug-likeness (QED) is 0.772. The molecule has 0 saturated carbocycles. The average Bonchev–Trinajstić information content (AvgIpc) is 2.28. The third-order valence-electron chi connectivity index (χ3n) is 2.46. The average molecular weight is 239 g/mol. The van der Waals surface area contributed by atoms with Gasteiger partial charge in [-0.25, -0.2) is 0 Å². The van der Waals surface area contributed by atoms with Crippen molar-refractivity contribution < 1.29 is 5.11 Å². The van der Waals surface area contributed by atoms with Crippen LogP contribution in [0, 0.1) is 0 Å². The Morgan fingerprint density at radius 1 is 1.31 bits per heavy atom.